The van der Waals surface area contributed by atoms with Gasteiger partial charge in [0.1, 0.15) is 12.2 Å². The summed E-state index contributed by atoms with van der Waals surface area (Å²) in [5.41, 5.74) is 2.97. The van der Waals surface area contributed by atoms with Gasteiger partial charge in [-0.3, -0.25) is 0 Å². The Morgan fingerprint density at radius 1 is 0.792 bits per heavy atom. The number of hydrogen-bond donors (Lipinski definition) is 2. The maximum absolute atomic E-state index is 12.0. The highest BCUT2D eigenvalue weighted by atomic mass is 16.5. The molecule has 4 nitrogen and oxygen atoms in total. The molecule has 3 aromatic rings. The number of esters is 1. The second-order valence-corrected chi connectivity index (χ2v) is 5.31. The minimum atomic E-state index is -0.685. The molecule has 0 saturated carbocycles. The van der Waals surface area contributed by atoms with E-state index >= 15 is 0 Å². The fourth-order valence-electron chi connectivity index (χ4n) is 2.35. The Balaban J connectivity index is 1.67. The Kier molecular flexibility index (Phi) is 4.47. The first kappa shape index (κ1) is 15.6. The summed E-state index contributed by atoms with van der Waals surface area (Å²) in [6, 6.07) is 21.8. The number of rotatable bonds is 4. The van der Waals surface area contributed by atoms with E-state index in [2.05, 4.69) is 0 Å². The lowest BCUT2D eigenvalue weighted by molar-refractivity contribution is 0.0468. The van der Waals surface area contributed by atoms with Gasteiger partial charge in [-0.15, -0.1) is 0 Å². The highest BCUT2D eigenvalue weighted by Crippen LogP contribution is 2.29. The minimum Gasteiger partial charge on any atom is -0.504 e. The molecule has 3 rings (SSSR count). The van der Waals surface area contributed by atoms with Crippen molar-refractivity contribution < 1.29 is 19.7 Å². The summed E-state index contributed by atoms with van der Waals surface area (Å²) in [6.45, 7) is 0.0863. The van der Waals surface area contributed by atoms with Gasteiger partial charge >= 0.3 is 5.97 Å². The lowest BCUT2D eigenvalue weighted by Crippen LogP contribution is -2.05. The molecule has 3 aromatic carbocycles. The Morgan fingerprint density at radius 3 is 2.17 bits per heavy atom. The molecule has 0 spiro atoms. The average Bonchev–Trinajstić information content (AvgIpc) is 2.63. The first-order valence-electron chi connectivity index (χ1n) is 7.47. The lowest BCUT2D eigenvalue weighted by Gasteiger charge is -2.08. The van der Waals surface area contributed by atoms with Crippen LogP contribution in [0.5, 0.6) is 11.5 Å². The van der Waals surface area contributed by atoms with Crippen molar-refractivity contribution in [3.05, 3.63) is 83.9 Å². The highest BCUT2D eigenvalue weighted by molar-refractivity contribution is 5.93. The molecule has 0 heterocycles. The first-order chi connectivity index (χ1) is 11.6. The number of phenols is 2. The highest BCUT2D eigenvalue weighted by Gasteiger charge is 2.15. The van der Waals surface area contributed by atoms with Gasteiger partial charge in [-0.25, -0.2) is 4.79 Å². The van der Waals surface area contributed by atoms with Crippen LogP contribution in [-0.4, -0.2) is 16.2 Å². The van der Waals surface area contributed by atoms with Gasteiger partial charge in [-0.1, -0.05) is 60.7 Å². The van der Waals surface area contributed by atoms with Crippen LogP contribution in [0.2, 0.25) is 0 Å². The van der Waals surface area contributed by atoms with Crippen LogP contribution in [0.4, 0.5) is 0 Å². The first-order valence-corrected chi connectivity index (χ1v) is 7.47. The second-order valence-electron chi connectivity index (χ2n) is 5.31. The Morgan fingerprint density at radius 2 is 1.46 bits per heavy atom. The zero-order valence-corrected chi connectivity index (χ0v) is 12.8. The Labute approximate surface area is 139 Å². The topological polar surface area (TPSA) is 66.8 Å². The summed E-state index contributed by atoms with van der Waals surface area (Å²) in [6.07, 6.45) is 0. The maximum atomic E-state index is 12.0. The molecule has 2 N–H and O–H groups in total. The van der Waals surface area contributed by atoms with Crippen LogP contribution in [-0.2, 0) is 11.3 Å². The van der Waals surface area contributed by atoms with Gasteiger partial charge in [-0.05, 0) is 28.8 Å². The van der Waals surface area contributed by atoms with Gasteiger partial charge in [0.2, 0.25) is 0 Å². The van der Waals surface area contributed by atoms with Crippen LogP contribution in [0.25, 0.3) is 11.1 Å². The van der Waals surface area contributed by atoms with Crippen molar-refractivity contribution >= 4 is 5.97 Å². The van der Waals surface area contributed by atoms with Crippen LogP contribution in [0.15, 0.2) is 72.8 Å². The second kappa shape index (κ2) is 6.87. The van der Waals surface area contributed by atoms with Crippen LogP contribution < -0.4 is 0 Å². The summed E-state index contributed by atoms with van der Waals surface area (Å²) >= 11 is 0. The molecule has 0 fully saturated rings. The number of ether oxygens (including phenoxy) is 1. The van der Waals surface area contributed by atoms with Crippen molar-refractivity contribution in [2.24, 2.45) is 0 Å². The van der Waals surface area contributed by atoms with Crippen LogP contribution in [0.1, 0.15) is 15.9 Å². The summed E-state index contributed by atoms with van der Waals surface area (Å²) in [5, 5.41) is 19.1. The molecule has 0 aliphatic carbocycles. The van der Waals surface area contributed by atoms with E-state index in [-0.39, 0.29) is 17.9 Å². The molecule has 0 saturated heterocycles. The van der Waals surface area contributed by atoms with Crippen molar-refractivity contribution in [1.82, 2.24) is 0 Å². The molecule has 24 heavy (non-hydrogen) atoms. The van der Waals surface area contributed by atoms with Crippen molar-refractivity contribution in [2.45, 2.75) is 6.61 Å². The number of carbonyl (C=O) groups excluding carboxylic acids is 1. The number of benzene rings is 3. The van der Waals surface area contributed by atoms with Gasteiger partial charge in [-0.2, -0.15) is 0 Å². The normalized spacial score (nSPS) is 10.3. The van der Waals surface area contributed by atoms with E-state index in [4.69, 9.17) is 4.74 Å². The molecular weight excluding hydrogens is 304 g/mol. The van der Waals surface area contributed by atoms with Crippen molar-refractivity contribution in [2.75, 3.05) is 0 Å². The van der Waals surface area contributed by atoms with E-state index in [1.54, 1.807) is 0 Å². The minimum absolute atomic E-state index is 0.0593. The third-order valence-corrected chi connectivity index (χ3v) is 3.67. The quantitative estimate of drug-likeness (QED) is 0.560. The molecule has 0 aliphatic rings. The van der Waals surface area contributed by atoms with E-state index < -0.39 is 11.7 Å². The van der Waals surface area contributed by atoms with E-state index in [9.17, 15) is 15.0 Å². The SMILES string of the molecule is O=C(OCc1ccc(-c2ccccc2)cc1)c1cccc(O)c1O. The summed E-state index contributed by atoms with van der Waals surface area (Å²) in [5.74, 6) is -1.51. The molecule has 0 aliphatic heterocycles. The molecule has 0 unspecified atom stereocenters. The average molecular weight is 320 g/mol. The number of phenolic OH excluding ortho intramolecular Hbond substituents is 2. The number of hydrogen-bond acceptors (Lipinski definition) is 4. The molecule has 120 valence electrons. The smallest absolute Gasteiger partial charge is 0.342 e. The fraction of sp³-hybridized carbons (Fsp3) is 0.0500. The van der Waals surface area contributed by atoms with Crippen molar-refractivity contribution in [1.29, 1.82) is 0 Å². The molecule has 0 bridgehead atoms. The number of carbonyl (C=O) groups is 1. The van der Waals surface area contributed by atoms with Gasteiger partial charge in [0.05, 0.1) is 0 Å². The van der Waals surface area contributed by atoms with Gasteiger partial charge < -0.3 is 14.9 Å². The van der Waals surface area contributed by atoms with Gasteiger partial charge in [0.25, 0.3) is 0 Å². The Hall–Kier alpha value is -3.27. The van der Waals surface area contributed by atoms with Crippen LogP contribution in [0.3, 0.4) is 0 Å². The largest absolute Gasteiger partial charge is 0.504 e. The molecule has 0 aromatic heterocycles. The predicted molar refractivity (Wildman–Crippen MR) is 90.8 cm³/mol. The standard InChI is InChI=1S/C20H16O4/c21-18-8-4-7-17(19(18)22)20(23)24-13-14-9-11-16(12-10-14)15-5-2-1-3-6-15/h1-12,21-22H,13H2. The monoisotopic (exact) mass is 320 g/mol. The van der Waals surface area contributed by atoms with Gasteiger partial charge in [0, 0.05) is 0 Å². The van der Waals surface area contributed by atoms with Gasteiger partial charge in [0.15, 0.2) is 11.5 Å². The zero-order chi connectivity index (χ0) is 16.9. The summed E-state index contributed by atoms with van der Waals surface area (Å²) in [7, 11) is 0. The molecule has 4 heteroatoms. The molecular formula is C20H16O4. The third kappa shape index (κ3) is 3.38. The fourth-order valence-corrected chi connectivity index (χ4v) is 2.35. The van der Waals surface area contributed by atoms with E-state index in [1.165, 1.54) is 18.2 Å². The zero-order valence-electron chi connectivity index (χ0n) is 12.8. The molecule has 0 radical (unpaired) electrons. The summed E-state index contributed by atoms with van der Waals surface area (Å²) < 4.78 is 5.19. The van der Waals surface area contributed by atoms with E-state index in [1.807, 2.05) is 54.6 Å². The van der Waals surface area contributed by atoms with Crippen LogP contribution >= 0.6 is 0 Å². The number of aromatic hydroxyl groups is 2. The Bertz CT molecular complexity index is 839. The van der Waals surface area contributed by atoms with Crippen molar-refractivity contribution in [3.8, 4) is 22.6 Å². The molecule has 0 atom stereocenters. The third-order valence-electron chi connectivity index (χ3n) is 3.67. The lowest BCUT2D eigenvalue weighted by atomic mass is 10.0. The van der Waals surface area contributed by atoms with Crippen LogP contribution in [0, 0.1) is 0 Å². The van der Waals surface area contributed by atoms with E-state index in [0.717, 1.165) is 16.7 Å². The van der Waals surface area contributed by atoms with Crippen molar-refractivity contribution in [3.63, 3.8) is 0 Å². The maximum Gasteiger partial charge on any atom is 0.342 e. The molecule has 0 amide bonds. The number of para-hydroxylation sites is 1. The van der Waals surface area contributed by atoms with E-state index in [0.29, 0.717) is 0 Å². The summed E-state index contributed by atoms with van der Waals surface area (Å²) in [4.78, 5) is 12.0. The predicted octanol–water partition coefficient (Wildman–Crippen LogP) is 4.12.